The van der Waals surface area contributed by atoms with E-state index in [9.17, 15) is 9.59 Å². The minimum atomic E-state index is -0.259. The van der Waals surface area contributed by atoms with Gasteiger partial charge in [-0.15, -0.1) is 5.10 Å². The summed E-state index contributed by atoms with van der Waals surface area (Å²) in [4.78, 5) is 47.2. The summed E-state index contributed by atoms with van der Waals surface area (Å²) >= 11 is 0. The van der Waals surface area contributed by atoms with E-state index in [-0.39, 0.29) is 24.0 Å². The van der Waals surface area contributed by atoms with Crippen LogP contribution in [0.25, 0.3) is 28.4 Å². The molecule has 1 aliphatic heterocycles. The highest BCUT2D eigenvalue weighted by Crippen LogP contribution is 2.20. The van der Waals surface area contributed by atoms with Crippen LogP contribution in [0.2, 0.25) is 0 Å². The molecular weight excluding hydrogens is 402 g/mol. The Labute approximate surface area is 175 Å². The Kier molecular flexibility index (Phi) is 5.56. The van der Waals surface area contributed by atoms with E-state index in [1.165, 1.54) is 0 Å². The fourth-order valence-corrected chi connectivity index (χ4v) is 3.45. The number of hydrogen-bond acceptors (Lipinski definition) is 6. The molecule has 1 fully saturated rings. The maximum atomic E-state index is 12.2. The molecule has 0 unspecified atom stereocenters. The Balaban J connectivity index is 0.000000730. The van der Waals surface area contributed by atoms with E-state index in [1.807, 2.05) is 24.3 Å². The molecule has 11 heteroatoms. The lowest BCUT2D eigenvalue weighted by atomic mass is 10.1. The number of pyridine rings is 1. The fourth-order valence-electron chi connectivity index (χ4n) is 3.45. The number of fused-ring (bicyclic) bond motifs is 1. The number of aromatic nitrogens is 6. The number of carbonyl (C=O) groups is 2. The molecule has 0 saturated carbocycles. The van der Waals surface area contributed by atoms with Gasteiger partial charge in [-0.3, -0.25) is 14.4 Å². The molecule has 0 radical (unpaired) electrons. The molecular formula is C20H19N7O4. The zero-order chi connectivity index (χ0) is 21.8. The minimum absolute atomic E-state index is 0.0123. The first-order valence-corrected chi connectivity index (χ1v) is 9.55. The predicted molar refractivity (Wildman–Crippen MR) is 111 cm³/mol. The molecule has 4 N–H and O–H groups in total. The lowest BCUT2D eigenvalue weighted by Crippen LogP contribution is -2.28. The van der Waals surface area contributed by atoms with Gasteiger partial charge in [0.15, 0.2) is 5.82 Å². The van der Waals surface area contributed by atoms with Crippen LogP contribution in [-0.2, 0) is 16.0 Å². The van der Waals surface area contributed by atoms with Gasteiger partial charge in [-0.1, -0.05) is 12.1 Å². The standard InChI is InChI=1S/C19H17N7O2.CH2O2/c27-16-8-7-11(21-16)10-15-24-17(12-4-3-9-20-18(12)28)25-26(15)19-22-13-5-1-2-6-14(13)23-19;2-1-3/h1-6,9,11H,7-8,10H2,(H,20,28)(H,21,27)(H,22,23);1H,(H,2,3)/t11-;/m1./s1. The minimum Gasteiger partial charge on any atom is -0.483 e. The predicted octanol–water partition coefficient (Wildman–Crippen LogP) is 1.02. The molecule has 5 rings (SSSR count). The van der Waals surface area contributed by atoms with Gasteiger partial charge < -0.3 is 20.4 Å². The van der Waals surface area contributed by atoms with Gasteiger partial charge in [0, 0.05) is 25.1 Å². The summed E-state index contributed by atoms with van der Waals surface area (Å²) < 4.78 is 1.62. The van der Waals surface area contributed by atoms with Crippen LogP contribution in [-0.4, -0.2) is 53.2 Å². The van der Waals surface area contributed by atoms with Crippen molar-refractivity contribution >= 4 is 23.4 Å². The van der Waals surface area contributed by atoms with Crippen LogP contribution in [0.4, 0.5) is 0 Å². The van der Waals surface area contributed by atoms with Gasteiger partial charge in [-0.05, 0) is 30.7 Å². The molecule has 1 aromatic carbocycles. The number of carboxylic acid groups (broad SMARTS) is 1. The van der Waals surface area contributed by atoms with Crippen LogP contribution < -0.4 is 10.9 Å². The molecule has 1 atom stereocenters. The Bertz CT molecular complexity index is 1260. The van der Waals surface area contributed by atoms with Crippen molar-refractivity contribution in [1.29, 1.82) is 0 Å². The average Bonchev–Trinajstić information content (AvgIpc) is 3.47. The quantitative estimate of drug-likeness (QED) is 0.358. The molecule has 11 nitrogen and oxygen atoms in total. The van der Waals surface area contributed by atoms with E-state index >= 15 is 0 Å². The summed E-state index contributed by atoms with van der Waals surface area (Å²) in [6.07, 6.45) is 3.32. The molecule has 4 heterocycles. The molecule has 4 aromatic rings. The second-order valence-corrected chi connectivity index (χ2v) is 6.87. The summed E-state index contributed by atoms with van der Waals surface area (Å²) in [5.74, 6) is 1.51. The number of H-pyrrole nitrogens is 2. The third kappa shape index (κ3) is 4.20. The molecule has 31 heavy (non-hydrogen) atoms. The summed E-state index contributed by atoms with van der Waals surface area (Å²) in [7, 11) is 0. The summed E-state index contributed by atoms with van der Waals surface area (Å²) in [5.41, 5.74) is 1.82. The van der Waals surface area contributed by atoms with Crippen molar-refractivity contribution in [2.75, 3.05) is 0 Å². The summed E-state index contributed by atoms with van der Waals surface area (Å²) in [6.45, 7) is -0.250. The number of carbonyl (C=O) groups excluding carboxylic acids is 1. The molecule has 0 spiro atoms. The Morgan fingerprint density at radius 1 is 1.16 bits per heavy atom. The van der Waals surface area contributed by atoms with E-state index in [0.717, 1.165) is 17.5 Å². The van der Waals surface area contributed by atoms with Crippen molar-refractivity contribution in [1.82, 2.24) is 35.0 Å². The van der Waals surface area contributed by atoms with E-state index in [0.29, 0.717) is 36.0 Å². The van der Waals surface area contributed by atoms with Gasteiger partial charge >= 0.3 is 0 Å². The number of hydrogen-bond donors (Lipinski definition) is 4. The molecule has 0 bridgehead atoms. The topological polar surface area (TPSA) is 159 Å². The van der Waals surface area contributed by atoms with Gasteiger partial charge in [0.2, 0.25) is 11.9 Å². The Morgan fingerprint density at radius 2 is 1.97 bits per heavy atom. The first-order valence-electron chi connectivity index (χ1n) is 9.55. The molecule has 158 valence electrons. The van der Waals surface area contributed by atoms with Gasteiger partial charge in [0.05, 0.1) is 16.6 Å². The zero-order valence-electron chi connectivity index (χ0n) is 16.3. The first-order chi connectivity index (χ1) is 15.1. The second kappa shape index (κ2) is 8.61. The third-order valence-electron chi connectivity index (χ3n) is 4.82. The lowest BCUT2D eigenvalue weighted by Gasteiger charge is -2.09. The normalized spacial score (nSPS) is 15.4. The maximum Gasteiger partial charge on any atom is 0.290 e. The van der Waals surface area contributed by atoms with Gasteiger partial charge in [-0.25, -0.2) is 9.97 Å². The van der Waals surface area contributed by atoms with Crippen LogP contribution >= 0.6 is 0 Å². The van der Waals surface area contributed by atoms with Crippen molar-refractivity contribution < 1.29 is 14.7 Å². The monoisotopic (exact) mass is 421 g/mol. The van der Waals surface area contributed by atoms with Crippen molar-refractivity contribution in [3.05, 3.63) is 58.8 Å². The number of nitrogens with zero attached hydrogens (tertiary/aromatic N) is 4. The number of nitrogens with one attached hydrogen (secondary N) is 3. The molecule has 0 aliphatic carbocycles. The van der Waals surface area contributed by atoms with E-state index in [2.05, 4.69) is 30.4 Å². The second-order valence-electron chi connectivity index (χ2n) is 6.87. The third-order valence-corrected chi connectivity index (χ3v) is 4.82. The molecule has 1 aliphatic rings. The van der Waals surface area contributed by atoms with Crippen LogP contribution in [0.15, 0.2) is 47.4 Å². The highest BCUT2D eigenvalue weighted by atomic mass is 16.3. The fraction of sp³-hybridized carbons (Fsp3) is 0.200. The first kappa shape index (κ1) is 20.0. The highest BCUT2D eigenvalue weighted by Gasteiger charge is 2.25. The average molecular weight is 421 g/mol. The van der Waals surface area contributed by atoms with Crippen LogP contribution in [0, 0.1) is 0 Å². The largest absolute Gasteiger partial charge is 0.483 e. The van der Waals surface area contributed by atoms with E-state index in [1.54, 1.807) is 23.0 Å². The van der Waals surface area contributed by atoms with Crippen molar-refractivity contribution in [3.8, 4) is 17.3 Å². The number of amides is 1. The highest BCUT2D eigenvalue weighted by molar-refractivity contribution is 5.78. The SMILES string of the molecule is O=C1CC[C@H](Cc2nc(-c3ccc[nH]c3=O)nn2-c2nc3ccccc3[nH]2)N1.O=CO. The Hall–Kier alpha value is -4.28. The van der Waals surface area contributed by atoms with E-state index < -0.39 is 0 Å². The van der Waals surface area contributed by atoms with Crippen molar-refractivity contribution in [2.45, 2.75) is 25.3 Å². The molecule has 1 amide bonds. The summed E-state index contributed by atoms with van der Waals surface area (Å²) in [5, 5.41) is 14.4. The van der Waals surface area contributed by atoms with Crippen molar-refractivity contribution in [3.63, 3.8) is 0 Å². The van der Waals surface area contributed by atoms with Crippen LogP contribution in [0.3, 0.4) is 0 Å². The number of imidazole rings is 1. The Morgan fingerprint density at radius 3 is 2.68 bits per heavy atom. The number of benzene rings is 1. The van der Waals surface area contributed by atoms with E-state index in [4.69, 9.17) is 9.90 Å². The number of aromatic amines is 2. The van der Waals surface area contributed by atoms with Crippen LogP contribution in [0.5, 0.6) is 0 Å². The maximum absolute atomic E-state index is 12.2. The van der Waals surface area contributed by atoms with Gasteiger partial charge in [0.1, 0.15) is 5.82 Å². The number of para-hydroxylation sites is 2. The smallest absolute Gasteiger partial charge is 0.290 e. The van der Waals surface area contributed by atoms with Gasteiger partial charge in [-0.2, -0.15) is 4.68 Å². The van der Waals surface area contributed by atoms with Crippen molar-refractivity contribution in [2.24, 2.45) is 0 Å². The zero-order valence-corrected chi connectivity index (χ0v) is 16.3. The van der Waals surface area contributed by atoms with Gasteiger partial charge in [0.25, 0.3) is 12.0 Å². The van der Waals surface area contributed by atoms with Crippen LogP contribution in [0.1, 0.15) is 18.7 Å². The molecule has 1 saturated heterocycles. The molecule has 3 aromatic heterocycles. The summed E-state index contributed by atoms with van der Waals surface area (Å²) in [6, 6.07) is 11.1. The number of rotatable bonds is 4. The lowest BCUT2D eigenvalue weighted by molar-refractivity contribution is -0.123.